The summed E-state index contributed by atoms with van der Waals surface area (Å²) in [6.45, 7) is 2.38. The number of thiocarbonyl (C=S) groups is 1. The summed E-state index contributed by atoms with van der Waals surface area (Å²) in [5, 5.41) is 7.89. The first-order valence-corrected chi connectivity index (χ1v) is 8.69. The summed E-state index contributed by atoms with van der Waals surface area (Å²) in [7, 11) is 0. The van der Waals surface area contributed by atoms with Crippen LogP contribution in [-0.4, -0.2) is 10.1 Å². The zero-order valence-electron chi connectivity index (χ0n) is 13.3. The standard InChI is InChI=1S/C18H15Cl2N3OS/c1-11-8-14(20)9-21-17(11)23-18(25)22-10-15-6-7-16(24-15)12-2-4-13(19)5-3-12/h2-9H,10H2,1H3,(H2,21,22,23,25). The van der Waals surface area contributed by atoms with Crippen molar-refractivity contribution in [1.82, 2.24) is 10.3 Å². The first kappa shape index (κ1) is 17.7. The Kier molecular flexibility index (Phi) is 5.58. The Labute approximate surface area is 161 Å². The molecule has 0 aliphatic rings. The minimum absolute atomic E-state index is 0.461. The zero-order chi connectivity index (χ0) is 17.8. The van der Waals surface area contributed by atoms with E-state index in [2.05, 4.69) is 15.6 Å². The van der Waals surface area contributed by atoms with Gasteiger partial charge in [-0.2, -0.15) is 0 Å². The van der Waals surface area contributed by atoms with Crippen molar-refractivity contribution in [3.63, 3.8) is 0 Å². The highest BCUT2D eigenvalue weighted by atomic mass is 35.5. The van der Waals surface area contributed by atoms with E-state index >= 15 is 0 Å². The molecule has 0 spiro atoms. The first-order valence-electron chi connectivity index (χ1n) is 7.53. The number of benzene rings is 1. The lowest BCUT2D eigenvalue weighted by Gasteiger charge is -2.10. The quantitative estimate of drug-likeness (QED) is 0.579. The molecule has 0 atom stereocenters. The summed E-state index contributed by atoms with van der Waals surface area (Å²) in [4.78, 5) is 4.22. The Morgan fingerprint density at radius 3 is 2.60 bits per heavy atom. The number of hydrogen-bond acceptors (Lipinski definition) is 3. The summed E-state index contributed by atoms with van der Waals surface area (Å²) in [6, 6.07) is 13.1. The van der Waals surface area contributed by atoms with Crippen LogP contribution in [0.2, 0.25) is 10.0 Å². The van der Waals surface area contributed by atoms with Crippen molar-refractivity contribution in [2.45, 2.75) is 13.5 Å². The summed E-state index contributed by atoms with van der Waals surface area (Å²) >= 11 is 17.1. The Bertz CT molecular complexity index is 894. The Morgan fingerprint density at radius 1 is 1.12 bits per heavy atom. The van der Waals surface area contributed by atoms with Gasteiger partial charge >= 0.3 is 0 Å². The summed E-state index contributed by atoms with van der Waals surface area (Å²) in [5.74, 6) is 2.22. The van der Waals surface area contributed by atoms with E-state index in [1.165, 1.54) is 0 Å². The van der Waals surface area contributed by atoms with E-state index in [0.29, 0.717) is 27.5 Å². The lowest BCUT2D eigenvalue weighted by Crippen LogP contribution is -2.28. The molecule has 0 aliphatic carbocycles. The molecule has 0 saturated carbocycles. The van der Waals surface area contributed by atoms with Gasteiger partial charge in [0.2, 0.25) is 0 Å². The van der Waals surface area contributed by atoms with Crippen LogP contribution in [0.1, 0.15) is 11.3 Å². The number of furan rings is 1. The van der Waals surface area contributed by atoms with Crippen LogP contribution >= 0.6 is 35.4 Å². The van der Waals surface area contributed by atoms with Gasteiger partial charge in [-0.15, -0.1) is 0 Å². The number of rotatable bonds is 4. The maximum absolute atomic E-state index is 5.90. The molecule has 128 valence electrons. The average Bonchev–Trinajstić information content (AvgIpc) is 3.05. The van der Waals surface area contributed by atoms with Crippen LogP contribution in [0, 0.1) is 6.92 Å². The van der Waals surface area contributed by atoms with E-state index < -0.39 is 0 Å². The fourth-order valence-corrected chi connectivity index (χ4v) is 2.74. The van der Waals surface area contributed by atoms with E-state index in [0.717, 1.165) is 22.6 Å². The fourth-order valence-electron chi connectivity index (χ4n) is 2.23. The van der Waals surface area contributed by atoms with Crippen molar-refractivity contribution in [2.75, 3.05) is 5.32 Å². The van der Waals surface area contributed by atoms with Crippen LogP contribution in [-0.2, 0) is 6.54 Å². The van der Waals surface area contributed by atoms with E-state index in [1.54, 1.807) is 6.20 Å². The molecule has 0 radical (unpaired) electrons. The average molecular weight is 392 g/mol. The van der Waals surface area contributed by atoms with Gasteiger partial charge in [-0.05, 0) is 67.2 Å². The predicted molar refractivity (Wildman–Crippen MR) is 106 cm³/mol. The molecule has 2 N–H and O–H groups in total. The Hall–Kier alpha value is -2.08. The van der Waals surface area contributed by atoms with Gasteiger partial charge in [-0.3, -0.25) is 0 Å². The predicted octanol–water partition coefficient (Wildman–Crippen LogP) is 5.44. The maximum atomic E-state index is 5.90. The highest BCUT2D eigenvalue weighted by molar-refractivity contribution is 7.80. The van der Waals surface area contributed by atoms with E-state index in [1.807, 2.05) is 49.4 Å². The van der Waals surface area contributed by atoms with Crippen LogP contribution < -0.4 is 10.6 Å². The maximum Gasteiger partial charge on any atom is 0.172 e. The van der Waals surface area contributed by atoms with E-state index in [4.69, 9.17) is 39.8 Å². The Balaban J connectivity index is 1.58. The topological polar surface area (TPSA) is 50.1 Å². The smallest absolute Gasteiger partial charge is 0.172 e. The van der Waals surface area contributed by atoms with Crippen LogP contribution in [0.4, 0.5) is 5.82 Å². The van der Waals surface area contributed by atoms with Crippen LogP contribution in [0.3, 0.4) is 0 Å². The summed E-state index contributed by atoms with van der Waals surface area (Å²) < 4.78 is 5.82. The molecule has 7 heteroatoms. The normalized spacial score (nSPS) is 10.5. The molecule has 2 aromatic heterocycles. The van der Waals surface area contributed by atoms with Gasteiger partial charge in [0, 0.05) is 16.8 Å². The van der Waals surface area contributed by atoms with Crippen molar-refractivity contribution in [3.05, 3.63) is 70.0 Å². The largest absolute Gasteiger partial charge is 0.459 e. The third kappa shape index (κ3) is 4.72. The van der Waals surface area contributed by atoms with Gasteiger partial charge < -0.3 is 15.1 Å². The van der Waals surface area contributed by atoms with Crippen molar-refractivity contribution in [3.8, 4) is 11.3 Å². The second kappa shape index (κ2) is 7.87. The first-order chi connectivity index (χ1) is 12.0. The SMILES string of the molecule is Cc1cc(Cl)cnc1NC(=S)NCc1ccc(-c2ccc(Cl)cc2)o1. The van der Waals surface area contributed by atoms with Gasteiger partial charge in [0.25, 0.3) is 0 Å². The third-order valence-corrected chi connectivity index (χ3v) is 4.20. The molecular weight excluding hydrogens is 377 g/mol. The van der Waals surface area contributed by atoms with E-state index in [-0.39, 0.29) is 0 Å². The fraction of sp³-hybridized carbons (Fsp3) is 0.111. The minimum atomic E-state index is 0.461. The minimum Gasteiger partial charge on any atom is -0.459 e. The van der Waals surface area contributed by atoms with Crippen LogP contribution in [0.15, 0.2) is 53.1 Å². The number of halogens is 2. The van der Waals surface area contributed by atoms with Gasteiger partial charge in [0.05, 0.1) is 11.6 Å². The summed E-state index contributed by atoms with van der Waals surface area (Å²) in [5.41, 5.74) is 1.89. The van der Waals surface area contributed by atoms with Crippen molar-refractivity contribution < 1.29 is 4.42 Å². The molecule has 2 heterocycles. The van der Waals surface area contributed by atoms with Crippen molar-refractivity contribution in [2.24, 2.45) is 0 Å². The lowest BCUT2D eigenvalue weighted by molar-refractivity contribution is 0.516. The molecule has 0 saturated heterocycles. The molecule has 25 heavy (non-hydrogen) atoms. The van der Waals surface area contributed by atoms with Gasteiger partial charge in [0.15, 0.2) is 5.11 Å². The number of nitrogens with one attached hydrogen (secondary N) is 2. The molecule has 1 aromatic carbocycles. The molecule has 0 bridgehead atoms. The molecule has 3 rings (SSSR count). The lowest BCUT2D eigenvalue weighted by atomic mass is 10.2. The monoisotopic (exact) mass is 391 g/mol. The number of aryl methyl sites for hydroxylation is 1. The third-order valence-electron chi connectivity index (χ3n) is 3.49. The molecule has 0 amide bonds. The number of anilines is 1. The molecule has 4 nitrogen and oxygen atoms in total. The zero-order valence-corrected chi connectivity index (χ0v) is 15.7. The second-order valence-corrected chi connectivity index (χ2v) is 6.68. The molecule has 3 aromatic rings. The van der Waals surface area contributed by atoms with Gasteiger partial charge in [0.1, 0.15) is 17.3 Å². The molecule has 0 unspecified atom stereocenters. The number of pyridine rings is 1. The molecular formula is C18H15Cl2N3OS. The van der Waals surface area contributed by atoms with Crippen molar-refractivity contribution in [1.29, 1.82) is 0 Å². The number of nitrogens with zero attached hydrogens (tertiary/aromatic N) is 1. The van der Waals surface area contributed by atoms with Crippen molar-refractivity contribution >= 4 is 46.4 Å². The number of aromatic nitrogens is 1. The van der Waals surface area contributed by atoms with Gasteiger partial charge in [-0.25, -0.2) is 4.98 Å². The highest BCUT2D eigenvalue weighted by Gasteiger charge is 2.07. The highest BCUT2D eigenvalue weighted by Crippen LogP contribution is 2.23. The number of hydrogen-bond donors (Lipinski definition) is 2. The van der Waals surface area contributed by atoms with Crippen LogP contribution in [0.25, 0.3) is 11.3 Å². The second-order valence-electron chi connectivity index (χ2n) is 5.40. The summed E-state index contributed by atoms with van der Waals surface area (Å²) in [6.07, 6.45) is 1.57. The molecule has 0 aliphatic heterocycles. The Morgan fingerprint density at radius 2 is 1.88 bits per heavy atom. The van der Waals surface area contributed by atoms with E-state index in [9.17, 15) is 0 Å². The van der Waals surface area contributed by atoms with Crippen LogP contribution in [0.5, 0.6) is 0 Å². The molecule has 0 fully saturated rings. The van der Waals surface area contributed by atoms with Gasteiger partial charge in [-0.1, -0.05) is 23.2 Å².